The second-order valence-electron chi connectivity index (χ2n) is 2.78. The zero-order valence-electron chi connectivity index (χ0n) is 8.76. The van der Waals surface area contributed by atoms with Crippen LogP contribution in [0, 0.1) is 0 Å². The van der Waals surface area contributed by atoms with Crippen LogP contribution in [0.5, 0.6) is 0 Å². The van der Waals surface area contributed by atoms with Crippen molar-refractivity contribution in [2.24, 2.45) is 10.2 Å². The van der Waals surface area contributed by atoms with E-state index in [0.717, 1.165) is 5.69 Å². The summed E-state index contributed by atoms with van der Waals surface area (Å²) < 4.78 is 0. The Kier molecular flexibility index (Phi) is 9.13. The van der Waals surface area contributed by atoms with Crippen molar-refractivity contribution in [2.75, 3.05) is 14.1 Å². The van der Waals surface area contributed by atoms with Gasteiger partial charge in [-0.2, -0.15) is 10.2 Å². The van der Waals surface area contributed by atoms with Gasteiger partial charge in [0.15, 0.2) is 0 Å². The number of halogens is 1. The van der Waals surface area contributed by atoms with Crippen LogP contribution in [0.1, 0.15) is 5.69 Å². The number of amidine groups is 1. The Hall–Kier alpha value is -0.681. The molecule has 1 aromatic heterocycles. The zero-order valence-corrected chi connectivity index (χ0v) is 11.3. The molecule has 1 aromatic rings. The Labute approximate surface area is 113 Å². The second-order valence-corrected chi connectivity index (χ2v) is 3.14. The van der Waals surface area contributed by atoms with Crippen molar-refractivity contribution in [2.45, 2.75) is 0 Å². The summed E-state index contributed by atoms with van der Waals surface area (Å²) in [6, 6.07) is 5.58. The van der Waals surface area contributed by atoms with Crippen LogP contribution < -0.4 is 0 Å². The van der Waals surface area contributed by atoms with E-state index >= 15 is 0 Å². The molecule has 0 aliphatic rings. The molecule has 0 unspecified atom stereocenters. The number of nitrogens with zero attached hydrogens (tertiary/aromatic N) is 4. The Bertz CT molecular complexity index is 343. The van der Waals surface area contributed by atoms with Gasteiger partial charge in [0.1, 0.15) is 0 Å². The van der Waals surface area contributed by atoms with Crippen LogP contribution in [0.4, 0.5) is 0 Å². The Morgan fingerprint density at radius 3 is 2.69 bits per heavy atom. The molecule has 0 radical (unpaired) electrons. The molecule has 1 heterocycles. The molecular formula is C9H11ClCuN4S. The normalized spacial score (nSPS) is 10.9. The third-order valence-electron chi connectivity index (χ3n) is 1.40. The van der Waals surface area contributed by atoms with Gasteiger partial charge in [-0.1, -0.05) is 6.07 Å². The first-order chi connectivity index (χ1) is 7.70. The summed E-state index contributed by atoms with van der Waals surface area (Å²) in [5.41, 5.74) is 0.762. The average molecular weight is 306 g/mol. The summed E-state index contributed by atoms with van der Waals surface area (Å²) in [6.07, 6.45) is 3.27. The molecule has 0 fully saturated rings. The molecule has 16 heavy (non-hydrogen) atoms. The molecule has 0 amide bonds. The second kappa shape index (κ2) is 9.54. The summed E-state index contributed by atoms with van der Waals surface area (Å²) in [5, 5.41) is 8.07. The fraction of sp³-hybridized carbons (Fsp3) is 0.222. The zero-order chi connectivity index (χ0) is 12.4. The van der Waals surface area contributed by atoms with Gasteiger partial charge in [-0.3, -0.25) is 4.98 Å². The van der Waals surface area contributed by atoms with Gasteiger partial charge in [-0.15, -0.1) is 0 Å². The first-order valence-corrected chi connectivity index (χ1v) is 5.88. The predicted molar refractivity (Wildman–Crippen MR) is 66.2 cm³/mol. The molecule has 0 atom stereocenters. The van der Waals surface area contributed by atoms with E-state index in [-0.39, 0.29) is 0 Å². The van der Waals surface area contributed by atoms with Crippen LogP contribution >= 0.6 is 10.1 Å². The Morgan fingerprint density at radius 1 is 1.50 bits per heavy atom. The summed E-state index contributed by atoms with van der Waals surface area (Å²) in [6.45, 7) is 0. The van der Waals surface area contributed by atoms with Gasteiger partial charge in [0, 0.05) is 25.5 Å². The molecule has 0 aliphatic carbocycles. The van der Waals surface area contributed by atoms with Crippen LogP contribution in [-0.2, 0) is 27.7 Å². The topological polar surface area (TPSA) is 40.9 Å². The maximum atomic E-state index is 4.92. The monoisotopic (exact) mass is 305 g/mol. The van der Waals surface area contributed by atoms with Crippen molar-refractivity contribution in [1.29, 1.82) is 0 Å². The molecule has 1 rings (SSSR count). The summed E-state index contributed by atoms with van der Waals surface area (Å²) >= 11 is 8.58. The molecule has 0 aromatic carbocycles. The number of rotatable bonds is 2. The standard InChI is InChI=1S/C9H12N4S.ClH.Cu/c1-13(2)9(14)12-11-7-8-5-3-4-6-10-8;;/h3-7H,1-2H3,(H,12,14);1H;/q;;+2/p-2/b11-7+;;. The predicted octanol–water partition coefficient (Wildman–Crippen LogP) is 1.57. The van der Waals surface area contributed by atoms with E-state index in [9.17, 15) is 0 Å². The van der Waals surface area contributed by atoms with Crippen molar-refractivity contribution in [3.63, 3.8) is 0 Å². The number of aromatic nitrogens is 1. The van der Waals surface area contributed by atoms with E-state index in [1.54, 1.807) is 17.3 Å². The molecule has 0 spiro atoms. The minimum absolute atomic E-state index is 0.442. The third kappa shape index (κ3) is 6.74. The van der Waals surface area contributed by atoms with Crippen molar-refractivity contribution in [3.05, 3.63) is 30.1 Å². The van der Waals surface area contributed by atoms with Gasteiger partial charge in [-0.25, -0.2) is 0 Å². The summed E-state index contributed by atoms with van der Waals surface area (Å²) in [7, 11) is 7.84. The van der Waals surface area contributed by atoms with E-state index in [1.165, 1.54) is 0 Å². The van der Waals surface area contributed by atoms with E-state index < -0.39 is 0 Å². The van der Waals surface area contributed by atoms with Crippen LogP contribution in [0.25, 0.3) is 0 Å². The average Bonchev–Trinajstić information content (AvgIpc) is 2.33. The molecule has 0 N–H and O–H groups in total. The van der Waals surface area contributed by atoms with Crippen molar-refractivity contribution < 1.29 is 15.1 Å². The first-order valence-electron chi connectivity index (χ1n) is 4.18. The van der Waals surface area contributed by atoms with Gasteiger partial charge < -0.3 is 17.5 Å². The van der Waals surface area contributed by atoms with Crippen molar-refractivity contribution in [1.82, 2.24) is 9.88 Å². The molecule has 0 saturated carbocycles. The molecule has 0 saturated heterocycles. The molecule has 91 valence electrons. The third-order valence-corrected chi connectivity index (χ3v) is 1.85. The number of pyridine rings is 1. The molecule has 4 nitrogen and oxygen atoms in total. The van der Waals surface area contributed by atoms with E-state index in [1.807, 2.05) is 32.3 Å². The quantitative estimate of drug-likeness (QED) is 0.274. The number of hydrogen-bond acceptors (Lipinski definition) is 4. The van der Waals surface area contributed by atoms with Gasteiger partial charge >= 0.3 is 25.2 Å². The van der Waals surface area contributed by atoms with Gasteiger partial charge in [0.2, 0.25) is 0 Å². The van der Waals surface area contributed by atoms with Gasteiger partial charge in [-0.05, 0) is 12.1 Å². The summed E-state index contributed by atoms with van der Waals surface area (Å²) in [4.78, 5) is 5.77. The van der Waals surface area contributed by atoms with E-state index in [2.05, 4.69) is 40.4 Å². The fourth-order valence-corrected chi connectivity index (χ4v) is 0.726. The summed E-state index contributed by atoms with van der Waals surface area (Å²) in [5.74, 6) is 0. The van der Waals surface area contributed by atoms with Crippen molar-refractivity contribution >= 4 is 34.1 Å². The van der Waals surface area contributed by atoms with E-state index in [4.69, 9.17) is 12.6 Å². The Balaban J connectivity index is 0.00000106. The SMILES string of the molecule is CN(C)/C([S-])=N/N=C/c1ccccn1.[Cl][Cu+]. The van der Waals surface area contributed by atoms with Crippen molar-refractivity contribution in [3.8, 4) is 0 Å². The maximum absolute atomic E-state index is 4.92. The van der Waals surface area contributed by atoms with Crippen LogP contribution in [0.3, 0.4) is 0 Å². The van der Waals surface area contributed by atoms with Crippen LogP contribution in [-0.4, -0.2) is 35.4 Å². The molecule has 7 heteroatoms. The Morgan fingerprint density at radius 2 is 2.19 bits per heavy atom. The van der Waals surface area contributed by atoms with Crippen LogP contribution in [0.2, 0.25) is 0 Å². The van der Waals surface area contributed by atoms with Gasteiger partial charge in [0.25, 0.3) is 0 Å². The first kappa shape index (κ1) is 15.3. The fourth-order valence-electron chi connectivity index (χ4n) is 0.679. The number of hydrogen-bond donors (Lipinski definition) is 0. The van der Waals surface area contributed by atoms with Gasteiger partial charge in [0.05, 0.1) is 11.9 Å². The van der Waals surface area contributed by atoms with E-state index in [0.29, 0.717) is 5.17 Å². The minimum atomic E-state index is 0.442. The van der Waals surface area contributed by atoms with Crippen LogP contribution in [0.15, 0.2) is 34.6 Å². The molecule has 0 aliphatic heterocycles. The molecule has 0 bridgehead atoms. The molecular weight excluding hydrogens is 295 g/mol.